The van der Waals surface area contributed by atoms with Crippen LogP contribution in [0.15, 0.2) is 71.7 Å². The number of methoxy groups -OCH3 is 1. The molecule has 3 aliphatic rings. The summed E-state index contributed by atoms with van der Waals surface area (Å²) in [6, 6.07) is 12.1. The van der Waals surface area contributed by atoms with Crippen molar-refractivity contribution in [3.05, 3.63) is 83.5 Å². The van der Waals surface area contributed by atoms with Crippen LogP contribution in [0.3, 0.4) is 0 Å². The van der Waals surface area contributed by atoms with Gasteiger partial charge in [0.2, 0.25) is 5.91 Å². The maximum Gasteiger partial charge on any atom is 0.264 e. The quantitative estimate of drug-likeness (QED) is 0.403. The van der Waals surface area contributed by atoms with Gasteiger partial charge in [-0.1, -0.05) is 39.0 Å². The standard InChI is InChI=1S/C31H42N6O4S/c1-31(2,3)21-32-19-22-9-14-27-23(17-22)7-6-8-28(27)36-20-24(35(4)34-36)18-29-30(38)33-15-16-37(29)42(39,40)26-12-10-25(41-5)11-13-26/h9-17,20,28-29,32,34H,6-8,18-19,21H2,1-5H3,(H,33,38)/t28-,29+/m0/s1. The van der Waals surface area contributed by atoms with Crippen LogP contribution < -0.4 is 20.9 Å². The molecule has 11 heteroatoms. The van der Waals surface area contributed by atoms with Gasteiger partial charge in [-0.2, -0.15) is 0 Å². The minimum absolute atomic E-state index is 0.0907. The molecule has 2 heterocycles. The summed E-state index contributed by atoms with van der Waals surface area (Å²) in [5.41, 5.74) is 8.41. The third-order valence-electron chi connectivity index (χ3n) is 7.89. The van der Waals surface area contributed by atoms with Crippen LogP contribution >= 0.6 is 0 Å². The zero-order valence-electron chi connectivity index (χ0n) is 25.1. The van der Waals surface area contributed by atoms with Gasteiger partial charge in [0.1, 0.15) is 11.8 Å². The third-order valence-corrected chi connectivity index (χ3v) is 9.69. The summed E-state index contributed by atoms with van der Waals surface area (Å²) in [6.07, 6.45) is 8.09. The molecule has 0 saturated carbocycles. The zero-order valence-corrected chi connectivity index (χ0v) is 25.9. The number of benzene rings is 2. The molecule has 2 aromatic rings. The number of hydrogen-bond acceptors (Lipinski definition) is 8. The highest BCUT2D eigenvalue weighted by atomic mass is 32.2. The van der Waals surface area contributed by atoms with Crippen LogP contribution in [-0.2, 0) is 27.8 Å². The SMILES string of the molecule is COc1ccc(S(=O)(=O)N2C=CNC(=O)[C@H]2CC2=CN([C@H]3CCCc4cc(CNCC(C)(C)C)ccc43)NN2C)cc1. The molecule has 226 valence electrons. The van der Waals surface area contributed by atoms with Gasteiger partial charge in [-0.25, -0.2) is 8.42 Å². The maximum absolute atomic E-state index is 13.6. The van der Waals surface area contributed by atoms with E-state index in [1.54, 1.807) is 12.1 Å². The first-order valence-corrected chi connectivity index (χ1v) is 15.9. The van der Waals surface area contributed by atoms with Gasteiger partial charge >= 0.3 is 0 Å². The van der Waals surface area contributed by atoms with E-state index in [-0.39, 0.29) is 28.7 Å². The molecule has 1 aliphatic carbocycles. The molecule has 3 N–H and O–H groups in total. The van der Waals surface area contributed by atoms with E-state index in [4.69, 9.17) is 4.74 Å². The molecule has 2 atom stereocenters. The molecule has 0 spiro atoms. The van der Waals surface area contributed by atoms with E-state index in [2.05, 4.69) is 60.1 Å². The Morgan fingerprint density at radius 1 is 1.12 bits per heavy atom. The summed E-state index contributed by atoms with van der Waals surface area (Å²) in [6.45, 7) is 8.49. The van der Waals surface area contributed by atoms with Crippen LogP contribution in [0.4, 0.5) is 0 Å². The molecular weight excluding hydrogens is 552 g/mol. The van der Waals surface area contributed by atoms with Crippen molar-refractivity contribution in [2.24, 2.45) is 5.41 Å². The van der Waals surface area contributed by atoms with Crippen molar-refractivity contribution < 1.29 is 17.9 Å². The molecular formula is C31H42N6O4S. The number of hydrazine groups is 2. The molecule has 0 unspecified atom stereocenters. The first-order chi connectivity index (χ1) is 20.0. The molecule has 1 amide bonds. The molecule has 0 radical (unpaired) electrons. The molecule has 5 rings (SSSR count). The number of hydrogen-bond donors (Lipinski definition) is 3. The average Bonchev–Trinajstić information content (AvgIpc) is 3.32. The molecule has 10 nitrogen and oxygen atoms in total. The fraction of sp³-hybridized carbons (Fsp3) is 0.452. The van der Waals surface area contributed by atoms with Crippen LogP contribution in [0.1, 0.15) is 62.8 Å². The molecule has 0 aromatic heterocycles. The topological polar surface area (TPSA) is 106 Å². The Balaban J connectivity index is 1.33. The smallest absolute Gasteiger partial charge is 0.264 e. The van der Waals surface area contributed by atoms with Gasteiger partial charge in [-0.05, 0) is 65.6 Å². The maximum atomic E-state index is 13.6. The summed E-state index contributed by atoms with van der Waals surface area (Å²) in [5.74, 6) is 0.178. The van der Waals surface area contributed by atoms with Crippen LogP contribution in [0.5, 0.6) is 5.75 Å². The number of rotatable bonds is 9. The number of ether oxygens (including phenoxy) is 1. The van der Waals surface area contributed by atoms with Gasteiger partial charge in [-0.3, -0.25) is 19.1 Å². The second-order valence-corrected chi connectivity index (χ2v) is 14.2. The van der Waals surface area contributed by atoms with E-state index in [9.17, 15) is 13.2 Å². The molecule has 2 aliphatic heterocycles. The molecule has 42 heavy (non-hydrogen) atoms. The lowest BCUT2D eigenvalue weighted by atomic mass is 9.86. The predicted molar refractivity (Wildman–Crippen MR) is 162 cm³/mol. The number of amides is 1. The van der Waals surface area contributed by atoms with Crippen molar-refractivity contribution >= 4 is 15.9 Å². The number of nitrogens with one attached hydrogen (secondary N) is 3. The molecule has 0 saturated heterocycles. The summed E-state index contributed by atoms with van der Waals surface area (Å²) in [7, 11) is -0.565. The number of fused-ring (bicyclic) bond motifs is 1. The Morgan fingerprint density at radius 3 is 2.60 bits per heavy atom. The van der Waals surface area contributed by atoms with Gasteiger partial charge in [0, 0.05) is 45.2 Å². The Morgan fingerprint density at radius 2 is 1.88 bits per heavy atom. The Kier molecular flexibility index (Phi) is 8.54. The second kappa shape index (κ2) is 12.0. The number of carbonyl (C=O) groups excluding carboxylic acids is 1. The van der Waals surface area contributed by atoms with Crippen molar-refractivity contribution in [3.8, 4) is 5.75 Å². The van der Waals surface area contributed by atoms with E-state index in [0.29, 0.717) is 5.75 Å². The minimum atomic E-state index is -3.98. The fourth-order valence-corrected chi connectivity index (χ4v) is 7.14. The first kappa shape index (κ1) is 29.9. The monoisotopic (exact) mass is 594 g/mol. The minimum Gasteiger partial charge on any atom is -0.497 e. The van der Waals surface area contributed by atoms with Gasteiger partial charge < -0.3 is 15.4 Å². The van der Waals surface area contributed by atoms with Gasteiger partial charge in [0.25, 0.3) is 10.0 Å². The molecule has 0 bridgehead atoms. The van der Waals surface area contributed by atoms with E-state index in [1.807, 2.05) is 18.3 Å². The van der Waals surface area contributed by atoms with E-state index < -0.39 is 16.1 Å². The average molecular weight is 595 g/mol. The van der Waals surface area contributed by atoms with E-state index in [0.717, 1.165) is 42.4 Å². The summed E-state index contributed by atoms with van der Waals surface area (Å²) in [5, 5.41) is 10.2. The van der Waals surface area contributed by atoms with Gasteiger partial charge in [-0.15, -0.1) is 5.53 Å². The number of aryl methyl sites for hydroxylation is 1. The van der Waals surface area contributed by atoms with Crippen LogP contribution in [0.25, 0.3) is 0 Å². The Labute approximate surface area is 249 Å². The van der Waals surface area contributed by atoms with Crippen molar-refractivity contribution in [3.63, 3.8) is 0 Å². The number of nitrogens with zero attached hydrogens (tertiary/aromatic N) is 3. The number of sulfonamides is 1. The van der Waals surface area contributed by atoms with Crippen molar-refractivity contribution in [1.29, 1.82) is 0 Å². The number of carbonyl (C=O) groups is 1. The summed E-state index contributed by atoms with van der Waals surface area (Å²) >= 11 is 0. The lowest BCUT2D eigenvalue weighted by Crippen LogP contribution is -2.50. The first-order valence-electron chi connectivity index (χ1n) is 14.4. The van der Waals surface area contributed by atoms with Crippen LogP contribution in [-0.4, -0.2) is 55.4 Å². The normalized spacial score (nSPS) is 20.8. The Hall–Kier alpha value is -3.54. The highest BCUT2D eigenvalue weighted by Crippen LogP contribution is 2.37. The lowest BCUT2D eigenvalue weighted by molar-refractivity contribution is -0.124. The van der Waals surface area contributed by atoms with Crippen molar-refractivity contribution in [2.45, 2.75) is 70.0 Å². The summed E-state index contributed by atoms with van der Waals surface area (Å²) < 4.78 is 33.5. The Bertz CT molecular complexity index is 1470. The van der Waals surface area contributed by atoms with Crippen molar-refractivity contribution in [2.75, 3.05) is 20.7 Å². The predicted octanol–water partition coefficient (Wildman–Crippen LogP) is 3.77. The van der Waals surface area contributed by atoms with E-state index in [1.165, 1.54) is 48.3 Å². The fourth-order valence-electron chi connectivity index (χ4n) is 5.69. The lowest BCUT2D eigenvalue weighted by Gasteiger charge is -2.34. The van der Waals surface area contributed by atoms with E-state index >= 15 is 0 Å². The van der Waals surface area contributed by atoms with Gasteiger partial charge in [0.05, 0.1) is 23.7 Å². The molecule has 0 fully saturated rings. The highest BCUT2D eigenvalue weighted by molar-refractivity contribution is 7.89. The second-order valence-electron chi connectivity index (χ2n) is 12.3. The third kappa shape index (κ3) is 6.43. The highest BCUT2D eigenvalue weighted by Gasteiger charge is 2.38. The van der Waals surface area contributed by atoms with Crippen molar-refractivity contribution in [1.82, 2.24) is 30.5 Å². The largest absolute Gasteiger partial charge is 0.497 e. The summed E-state index contributed by atoms with van der Waals surface area (Å²) in [4.78, 5) is 13.1. The van der Waals surface area contributed by atoms with Crippen LogP contribution in [0, 0.1) is 5.41 Å². The van der Waals surface area contributed by atoms with Crippen LogP contribution in [0.2, 0.25) is 0 Å². The zero-order chi connectivity index (χ0) is 30.1. The molecule has 2 aromatic carbocycles. The van der Waals surface area contributed by atoms with Gasteiger partial charge in [0.15, 0.2) is 0 Å².